The average Bonchev–Trinajstić information content (AvgIpc) is 3.72. The van der Waals surface area contributed by atoms with Crippen LogP contribution in [0.3, 0.4) is 0 Å². The highest BCUT2D eigenvalue weighted by atomic mass is 14.9. The van der Waals surface area contributed by atoms with Crippen molar-refractivity contribution < 1.29 is 0 Å². The van der Waals surface area contributed by atoms with Crippen molar-refractivity contribution in [3.63, 3.8) is 0 Å². The van der Waals surface area contributed by atoms with Crippen LogP contribution in [0.25, 0.3) is 78.3 Å². The molecule has 0 atom stereocenters. The fraction of sp³-hybridized carbons (Fsp3) is 0.0200. The monoisotopic (exact) mass is 673 g/mol. The molecule has 0 fully saturated rings. The molecule has 2 heterocycles. The van der Waals surface area contributed by atoms with Crippen LogP contribution < -0.4 is 0 Å². The molecule has 0 N–H and O–H groups in total. The van der Waals surface area contributed by atoms with Gasteiger partial charge in [-0.2, -0.15) is 0 Å². The van der Waals surface area contributed by atoms with Crippen molar-refractivity contribution in [2.45, 2.75) is 5.41 Å². The number of nitrogens with zero attached hydrogens (tertiary/aromatic N) is 3. The summed E-state index contributed by atoms with van der Waals surface area (Å²) < 4.78 is 0. The zero-order chi connectivity index (χ0) is 34.9. The van der Waals surface area contributed by atoms with Crippen LogP contribution in [0.1, 0.15) is 22.3 Å². The molecule has 0 amide bonds. The summed E-state index contributed by atoms with van der Waals surface area (Å²) in [5.74, 6) is 0.685. The van der Waals surface area contributed by atoms with E-state index in [1.165, 1.54) is 44.5 Å². The lowest BCUT2D eigenvalue weighted by atomic mass is 9.69. The van der Waals surface area contributed by atoms with Crippen molar-refractivity contribution in [2.75, 3.05) is 0 Å². The number of hydrogen-bond donors (Lipinski definition) is 0. The van der Waals surface area contributed by atoms with E-state index >= 15 is 0 Å². The normalized spacial score (nSPS) is 13.1. The van der Waals surface area contributed by atoms with E-state index in [4.69, 9.17) is 15.0 Å². The summed E-state index contributed by atoms with van der Waals surface area (Å²) in [5.41, 5.74) is 17.5. The quantitative estimate of drug-likeness (QED) is 0.187. The Balaban J connectivity index is 1.26. The summed E-state index contributed by atoms with van der Waals surface area (Å²) in [7, 11) is 0. The predicted octanol–water partition coefficient (Wildman–Crippen LogP) is 12.0. The molecule has 2 aliphatic rings. The Labute approximate surface area is 308 Å². The highest BCUT2D eigenvalue weighted by Gasteiger charge is 2.53. The van der Waals surface area contributed by atoms with Crippen LogP contribution in [0.4, 0.5) is 0 Å². The molecule has 0 aliphatic heterocycles. The van der Waals surface area contributed by atoms with Gasteiger partial charge in [-0.1, -0.05) is 164 Å². The SMILES string of the molecule is c1ccc(-c2cc(-c3ccccc3)nc(-c3ccc4nc(-c5ccccc5)c5c(c4c3)C3(c4ccccc4-c4ccccc43)c3ccccc3-5)n2)cc1. The Morgan fingerprint density at radius 3 is 1.40 bits per heavy atom. The molecule has 53 heavy (non-hydrogen) atoms. The third-order valence-electron chi connectivity index (χ3n) is 11.1. The molecule has 1 spiro atoms. The van der Waals surface area contributed by atoms with Crippen LogP contribution in [0.2, 0.25) is 0 Å². The highest BCUT2D eigenvalue weighted by molar-refractivity contribution is 6.07. The molecule has 246 valence electrons. The van der Waals surface area contributed by atoms with Gasteiger partial charge in [-0.25, -0.2) is 15.0 Å². The number of pyridine rings is 1. The van der Waals surface area contributed by atoms with Crippen LogP contribution in [0.15, 0.2) is 188 Å². The van der Waals surface area contributed by atoms with E-state index in [1.54, 1.807) is 0 Å². The molecular formula is C50H31N3. The van der Waals surface area contributed by atoms with Crippen LogP contribution in [0.5, 0.6) is 0 Å². The molecule has 2 aliphatic carbocycles. The minimum absolute atomic E-state index is 0.537. The molecule has 7 aromatic carbocycles. The number of aromatic nitrogens is 3. The van der Waals surface area contributed by atoms with E-state index in [0.717, 1.165) is 50.2 Å². The first-order valence-corrected chi connectivity index (χ1v) is 18.1. The molecule has 0 unspecified atom stereocenters. The first-order valence-electron chi connectivity index (χ1n) is 18.1. The van der Waals surface area contributed by atoms with Crippen molar-refractivity contribution >= 4 is 10.9 Å². The molecule has 0 radical (unpaired) electrons. The summed E-state index contributed by atoms with van der Waals surface area (Å²) in [6.07, 6.45) is 0. The maximum Gasteiger partial charge on any atom is 0.160 e. The van der Waals surface area contributed by atoms with Crippen LogP contribution in [-0.4, -0.2) is 15.0 Å². The number of fused-ring (bicyclic) bond motifs is 12. The van der Waals surface area contributed by atoms with E-state index < -0.39 is 5.41 Å². The maximum absolute atomic E-state index is 5.51. The molecule has 0 saturated carbocycles. The second kappa shape index (κ2) is 11.5. The van der Waals surface area contributed by atoms with E-state index in [0.29, 0.717) is 5.82 Å². The summed E-state index contributed by atoms with van der Waals surface area (Å²) in [5, 5.41) is 1.11. The zero-order valence-electron chi connectivity index (χ0n) is 28.7. The van der Waals surface area contributed by atoms with Gasteiger partial charge < -0.3 is 0 Å². The summed E-state index contributed by atoms with van der Waals surface area (Å²) in [6.45, 7) is 0. The predicted molar refractivity (Wildman–Crippen MR) is 215 cm³/mol. The third kappa shape index (κ3) is 4.31. The second-order valence-electron chi connectivity index (χ2n) is 13.9. The van der Waals surface area contributed by atoms with Crippen molar-refractivity contribution in [2.24, 2.45) is 0 Å². The van der Waals surface area contributed by atoms with E-state index in [-0.39, 0.29) is 0 Å². The fourth-order valence-corrected chi connectivity index (χ4v) is 8.91. The van der Waals surface area contributed by atoms with Gasteiger partial charge >= 0.3 is 0 Å². The van der Waals surface area contributed by atoms with Gasteiger partial charge in [-0.05, 0) is 63.2 Å². The number of rotatable bonds is 4. The van der Waals surface area contributed by atoms with Crippen molar-refractivity contribution in [3.05, 3.63) is 210 Å². The molecule has 3 heteroatoms. The number of hydrogen-bond acceptors (Lipinski definition) is 3. The third-order valence-corrected chi connectivity index (χ3v) is 11.1. The standard InChI is InChI=1S/C50H31N3/c1-4-16-32(17-5-1)44-31-45(33-18-6-2-7-19-33)53-49(52-44)35-28-29-43-39(30-35)47-46(48(51-43)34-20-8-3-9-21-34)38-24-12-15-27-42(38)50(47)40-25-13-10-22-36(40)37-23-11-14-26-41(37)50/h1-31H. The van der Waals surface area contributed by atoms with Crippen LogP contribution >= 0.6 is 0 Å². The minimum Gasteiger partial charge on any atom is -0.247 e. The lowest BCUT2D eigenvalue weighted by Crippen LogP contribution is -2.26. The Morgan fingerprint density at radius 1 is 0.358 bits per heavy atom. The van der Waals surface area contributed by atoms with E-state index in [1.807, 2.05) is 12.1 Å². The number of benzene rings is 7. The Kier molecular flexibility index (Phi) is 6.47. The van der Waals surface area contributed by atoms with Gasteiger partial charge in [0.2, 0.25) is 0 Å². The Bertz CT molecular complexity index is 2780. The van der Waals surface area contributed by atoms with Crippen molar-refractivity contribution in [1.29, 1.82) is 0 Å². The van der Waals surface area contributed by atoms with Gasteiger partial charge in [0.15, 0.2) is 5.82 Å². The zero-order valence-corrected chi connectivity index (χ0v) is 28.7. The summed E-state index contributed by atoms with van der Waals surface area (Å²) >= 11 is 0. The molecular weight excluding hydrogens is 643 g/mol. The molecule has 2 aromatic heterocycles. The lowest BCUT2D eigenvalue weighted by molar-refractivity contribution is 0.801. The van der Waals surface area contributed by atoms with E-state index in [2.05, 4.69) is 176 Å². The summed E-state index contributed by atoms with van der Waals surface area (Å²) in [4.78, 5) is 16.0. The summed E-state index contributed by atoms with van der Waals surface area (Å²) in [6, 6.07) is 67.0. The molecule has 0 bridgehead atoms. The second-order valence-corrected chi connectivity index (χ2v) is 13.9. The van der Waals surface area contributed by atoms with Crippen LogP contribution in [-0.2, 0) is 5.41 Å². The van der Waals surface area contributed by atoms with Crippen molar-refractivity contribution in [3.8, 4) is 67.4 Å². The average molecular weight is 674 g/mol. The first-order chi connectivity index (χ1) is 26.3. The van der Waals surface area contributed by atoms with Crippen molar-refractivity contribution in [1.82, 2.24) is 15.0 Å². The highest BCUT2D eigenvalue weighted by Crippen LogP contribution is 2.65. The topological polar surface area (TPSA) is 38.7 Å². The van der Waals surface area contributed by atoms with Gasteiger partial charge in [-0.15, -0.1) is 0 Å². The first kappa shape index (κ1) is 29.7. The smallest absolute Gasteiger partial charge is 0.160 e. The molecule has 11 rings (SSSR count). The minimum atomic E-state index is -0.537. The van der Waals surface area contributed by atoms with E-state index in [9.17, 15) is 0 Å². The molecule has 0 saturated heterocycles. The Hall–Kier alpha value is -6.97. The van der Waals surface area contributed by atoms with Gasteiger partial charge in [-0.3, -0.25) is 0 Å². The fourth-order valence-electron chi connectivity index (χ4n) is 8.91. The van der Waals surface area contributed by atoms with Gasteiger partial charge in [0.25, 0.3) is 0 Å². The molecule has 9 aromatic rings. The van der Waals surface area contributed by atoms with Gasteiger partial charge in [0.1, 0.15) is 0 Å². The largest absolute Gasteiger partial charge is 0.247 e. The maximum atomic E-state index is 5.51. The van der Waals surface area contributed by atoms with Gasteiger partial charge in [0, 0.05) is 33.2 Å². The van der Waals surface area contributed by atoms with Gasteiger partial charge in [0.05, 0.1) is 28.0 Å². The van der Waals surface area contributed by atoms with Crippen LogP contribution in [0, 0.1) is 0 Å². The molecule has 3 nitrogen and oxygen atoms in total. The lowest BCUT2D eigenvalue weighted by Gasteiger charge is -2.31. The Morgan fingerprint density at radius 2 is 0.830 bits per heavy atom.